The van der Waals surface area contributed by atoms with E-state index in [4.69, 9.17) is 4.74 Å². The first-order valence-electron chi connectivity index (χ1n) is 6.63. The van der Waals surface area contributed by atoms with Gasteiger partial charge in [-0.2, -0.15) is 0 Å². The summed E-state index contributed by atoms with van der Waals surface area (Å²) in [6, 6.07) is 9.58. The van der Waals surface area contributed by atoms with Crippen molar-refractivity contribution >= 4 is 6.09 Å². The molecule has 1 amide bonds. The standard InChI is InChI=1S/C15H21NO3/c1-15(2)12(8-13(15)17)9-16-14(18)19-10-11-6-4-3-5-7-11/h3-7,12-13,17H,8-10H2,1-2H3,(H,16,18)/t12-,13-/m0/s1. The molecule has 1 aromatic rings. The summed E-state index contributed by atoms with van der Waals surface area (Å²) < 4.78 is 5.13. The first-order chi connectivity index (χ1) is 9.00. The number of carbonyl (C=O) groups excluding carboxylic acids is 1. The molecule has 19 heavy (non-hydrogen) atoms. The lowest BCUT2D eigenvalue weighted by atomic mass is 9.60. The van der Waals surface area contributed by atoms with Crippen LogP contribution in [-0.4, -0.2) is 23.8 Å². The van der Waals surface area contributed by atoms with Crippen molar-refractivity contribution in [2.75, 3.05) is 6.54 Å². The third kappa shape index (κ3) is 3.26. The molecule has 0 unspecified atom stereocenters. The van der Waals surface area contributed by atoms with Gasteiger partial charge in [0.25, 0.3) is 0 Å². The van der Waals surface area contributed by atoms with Gasteiger partial charge in [0.05, 0.1) is 6.10 Å². The lowest BCUT2D eigenvalue weighted by molar-refractivity contribution is -0.0961. The van der Waals surface area contributed by atoms with Gasteiger partial charge in [-0.15, -0.1) is 0 Å². The highest BCUT2D eigenvalue weighted by Crippen LogP contribution is 2.45. The number of amides is 1. The highest BCUT2D eigenvalue weighted by Gasteiger charge is 2.46. The Morgan fingerprint density at radius 1 is 1.42 bits per heavy atom. The molecule has 1 aliphatic rings. The number of carbonyl (C=O) groups is 1. The van der Waals surface area contributed by atoms with Crippen molar-refractivity contribution < 1.29 is 14.6 Å². The van der Waals surface area contributed by atoms with E-state index in [1.807, 2.05) is 44.2 Å². The van der Waals surface area contributed by atoms with E-state index >= 15 is 0 Å². The minimum atomic E-state index is -0.402. The zero-order chi connectivity index (χ0) is 13.9. The highest BCUT2D eigenvalue weighted by molar-refractivity contribution is 5.67. The van der Waals surface area contributed by atoms with Crippen molar-refractivity contribution in [3.63, 3.8) is 0 Å². The molecule has 1 fully saturated rings. The highest BCUT2D eigenvalue weighted by atomic mass is 16.5. The molecule has 0 aromatic heterocycles. The van der Waals surface area contributed by atoms with Gasteiger partial charge in [0, 0.05) is 6.54 Å². The number of aliphatic hydroxyl groups excluding tert-OH is 1. The average Bonchev–Trinajstić information content (AvgIpc) is 2.42. The number of hydrogen-bond acceptors (Lipinski definition) is 3. The van der Waals surface area contributed by atoms with Crippen molar-refractivity contribution in [3.8, 4) is 0 Å². The zero-order valence-corrected chi connectivity index (χ0v) is 11.4. The molecular formula is C15H21NO3. The molecule has 104 valence electrons. The molecule has 4 nitrogen and oxygen atoms in total. The molecular weight excluding hydrogens is 242 g/mol. The molecule has 2 atom stereocenters. The van der Waals surface area contributed by atoms with Gasteiger partial charge in [-0.05, 0) is 23.3 Å². The van der Waals surface area contributed by atoms with Crippen LogP contribution in [0.4, 0.5) is 4.79 Å². The van der Waals surface area contributed by atoms with E-state index in [2.05, 4.69) is 5.32 Å². The number of hydrogen-bond donors (Lipinski definition) is 2. The summed E-state index contributed by atoms with van der Waals surface area (Å²) in [5, 5.41) is 12.4. The first kappa shape index (κ1) is 13.9. The van der Waals surface area contributed by atoms with Gasteiger partial charge in [0.1, 0.15) is 6.61 Å². The summed E-state index contributed by atoms with van der Waals surface area (Å²) >= 11 is 0. The van der Waals surface area contributed by atoms with Gasteiger partial charge in [-0.3, -0.25) is 0 Å². The first-order valence-corrected chi connectivity index (χ1v) is 6.63. The third-order valence-corrected chi connectivity index (χ3v) is 4.12. The Labute approximate surface area is 113 Å². The van der Waals surface area contributed by atoms with Crippen LogP contribution in [0.2, 0.25) is 0 Å². The topological polar surface area (TPSA) is 58.6 Å². The van der Waals surface area contributed by atoms with Crippen LogP contribution in [0.3, 0.4) is 0 Å². The Bertz CT molecular complexity index is 430. The summed E-state index contributed by atoms with van der Waals surface area (Å²) in [4.78, 5) is 11.6. The lowest BCUT2D eigenvalue weighted by Gasteiger charge is -2.49. The van der Waals surface area contributed by atoms with Crippen molar-refractivity contribution in [1.29, 1.82) is 0 Å². The largest absolute Gasteiger partial charge is 0.445 e. The molecule has 2 rings (SSSR count). The second-order valence-electron chi connectivity index (χ2n) is 5.71. The molecule has 0 heterocycles. The second-order valence-corrected chi connectivity index (χ2v) is 5.71. The van der Waals surface area contributed by atoms with Crippen LogP contribution in [0, 0.1) is 11.3 Å². The Kier molecular flexibility index (Phi) is 4.10. The summed E-state index contributed by atoms with van der Waals surface area (Å²) in [5.74, 6) is 0.312. The Balaban J connectivity index is 1.68. The molecule has 0 radical (unpaired) electrons. The number of rotatable bonds is 4. The van der Waals surface area contributed by atoms with Crippen molar-refractivity contribution in [3.05, 3.63) is 35.9 Å². The zero-order valence-electron chi connectivity index (χ0n) is 11.4. The van der Waals surface area contributed by atoms with E-state index in [-0.39, 0.29) is 18.1 Å². The van der Waals surface area contributed by atoms with Crippen LogP contribution >= 0.6 is 0 Å². The Morgan fingerprint density at radius 2 is 2.11 bits per heavy atom. The van der Waals surface area contributed by atoms with Gasteiger partial charge >= 0.3 is 6.09 Å². The quantitative estimate of drug-likeness (QED) is 0.876. The number of ether oxygens (including phenoxy) is 1. The number of alkyl carbamates (subject to hydrolysis) is 1. The van der Waals surface area contributed by atoms with Crippen molar-refractivity contribution in [1.82, 2.24) is 5.32 Å². The molecule has 1 saturated carbocycles. The SMILES string of the molecule is CC1(C)[C@H](CNC(=O)OCc2ccccc2)C[C@@H]1O. The van der Waals surface area contributed by atoms with Crippen LogP contribution in [0.15, 0.2) is 30.3 Å². The molecule has 0 saturated heterocycles. The van der Waals surface area contributed by atoms with Gasteiger partial charge in [0.15, 0.2) is 0 Å². The molecule has 4 heteroatoms. The van der Waals surface area contributed by atoms with Crippen LogP contribution in [0.25, 0.3) is 0 Å². The summed E-state index contributed by atoms with van der Waals surface area (Å²) in [7, 11) is 0. The minimum Gasteiger partial charge on any atom is -0.445 e. The minimum absolute atomic E-state index is 0.118. The van der Waals surface area contributed by atoms with E-state index in [9.17, 15) is 9.90 Å². The monoisotopic (exact) mass is 263 g/mol. The van der Waals surface area contributed by atoms with Gasteiger partial charge < -0.3 is 15.2 Å². The average molecular weight is 263 g/mol. The van der Waals surface area contributed by atoms with Crippen LogP contribution in [0.5, 0.6) is 0 Å². The van der Waals surface area contributed by atoms with Crippen molar-refractivity contribution in [2.45, 2.75) is 33.0 Å². The van der Waals surface area contributed by atoms with Crippen LogP contribution in [0.1, 0.15) is 25.8 Å². The van der Waals surface area contributed by atoms with Gasteiger partial charge in [-0.1, -0.05) is 44.2 Å². The molecule has 2 N–H and O–H groups in total. The third-order valence-electron chi connectivity index (χ3n) is 4.12. The smallest absolute Gasteiger partial charge is 0.407 e. The predicted octanol–water partition coefficient (Wildman–Crippen LogP) is 2.32. The molecule has 1 aliphatic carbocycles. The van der Waals surface area contributed by atoms with E-state index in [1.165, 1.54) is 0 Å². The number of nitrogens with one attached hydrogen (secondary N) is 1. The van der Waals surface area contributed by atoms with E-state index < -0.39 is 6.09 Å². The fraction of sp³-hybridized carbons (Fsp3) is 0.533. The van der Waals surface area contributed by atoms with E-state index in [1.54, 1.807) is 0 Å². The summed E-state index contributed by atoms with van der Waals surface area (Å²) in [5.41, 5.74) is 0.851. The maximum absolute atomic E-state index is 11.6. The van der Waals surface area contributed by atoms with Gasteiger partial charge in [0.2, 0.25) is 0 Å². The predicted molar refractivity (Wildman–Crippen MR) is 72.5 cm³/mol. The van der Waals surface area contributed by atoms with Crippen LogP contribution in [-0.2, 0) is 11.3 Å². The Morgan fingerprint density at radius 3 is 2.68 bits per heavy atom. The fourth-order valence-corrected chi connectivity index (χ4v) is 2.32. The number of benzene rings is 1. The Hall–Kier alpha value is -1.55. The molecule has 0 aliphatic heterocycles. The number of aliphatic hydroxyl groups is 1. The lowest BCUT2D eigenvalue weighted by Crippen LogP contribution is -2.53. The molecule has 0 bridgehead atoms. The van der Waals surface area contributed by atoms with E-state index in [0.29, 0.717) is 12.5 Å². The molecule has 1 aromatic carbocycles. The maximum atomic E-state index is 11.6. The van der Waals surface area contributed by atoms with E-state index in [0.717, 1.165) is 12.0 Å². The second kappa shape index (κ2) is 5.61. The molecule has 0 spiro atoms. The maximum Gasteiger partial charge on any atom is 0.407 e. The van der Waals surface area contributed by atoms with Gasteiger partial charge in [-0.25, -0.2) is 4.79 Å². The fourth-order valence-electron chi connectivity index (χ4n) is 2.32. The van der Waals surface area contributed by atoms with Crippen molar-refractivity contribution in [2.24, 2.45) is 11.3 Å². The summed E-state index contributed by atoms with van der Waals surface area (Å²) in [6.07, 6.45) is 0.0760. The summed E-state index contributed by atoms with van der Waals surface area (Å²) in [6.45, 7) is 4.87. The van der Waals surface area contributed by atoms with Crippen LogP contribution < -0.4 is 5.32 Å². The normalized spacial score (nSPS) is 24.4.